The van der Waals surface area contributed by atoms with E-state index in [1.165, 1.54) is 24.3 Å². The summed E-state index contributed by atoms with van der Waals surface area (Å²) in [6, 6.07) is 12.3. The van der Waals surface area contributed by atoms with E-state index in [0.29, 0.717) is 5.56 Å². The highest BCUT2D eigenvalue weighted by Gasteiger charge is 2.27. The number of nitrogens with one attached hydrogen (secondary N) is 2. The van der Waals surface area contributed by atoms with E-state index in [-0.39, 0.29) is 29.5 Å². The normalized spacial score (nSPS) is 11.1. The maximum absolute atomic E-state index is 12.3. The van der Waals surface area contributed by atoms with E-state index in [9.17, 15) is 23.1 Å². The average molecular weight is 324 g/mol. The Hall–Kier alpha value is -2.70. The molecule has 0 bridgehead atoms. The van der Waals surface area contributed by atoms with Crippen LogP contribution in [0.15, 0.2) is 48.5 Å². The number of alkyl halides is 3. The van der Waals surface area contributed by atoms with Crippen molar-refractivity contribution in [2.45, 2.75) is 12.6 Å². The highest BCUT2D eigenvalue weighted by atomic mass is 19.4. The summed E-state index contributed by atoms with van der Waals surface area (Å²) in [4.78, 5) is 12.0. The lowest BCUT2D eigenvalue weighted by Crippen LogP contribution is -2.22. The Labute approximate surface area is 131 Å². The SMILES string of the molecule is O=C(Cc1ccc(O)cc1)Nc1ccccc1NCC(F)(F)F. The van der Waals surface area contributed by atoms with Crippen molar-refractivity contribution in [2.75, 3.05) is 17.2 Å². The summed E-state index contributed by atoms with van der Waals surface area (Å²) in [5.74, 6) is -0.271. The molecule has 7 heteroatoms. The summed E-state index contributed by atoms with van der Waals surface area (Å²) >= 11 is 0. The van der Waals surface area contributed by atoms with Crippen LogP contribution in [0.1, 0.15) is 5.56 Å². The fraction of sp³-hybridized carbons (Fsp3) is 0.188. The standard InChI is InChI=1S/C16H15F3N2O2/c17-16(18,19)10-20-13-3-1-2-4-14(13)21-15(23)9-11-5-7-12(22)8-6-11/h1-8,20,22H,9-10H2,(H,21,23). The molecule has 0 unspecified atom stereocenters. The van der Waals surface area contributed by atoms with E-state index in [1.54, 1.807) is 24.3 Å². The first kappa shape index (κ1) is 16.7. The Morgan fingerprint density at radius 2 is 1.61 bits per heavy atom. The van der Waals surface area contributed by atoms with Gasteiger partial charge in [-0.15, -0.1) is 0 Å². The lowest BCUT2D eigenvalue weighted by atomic mass is 10.1. The van der Waals surface area contributed by atoms with E-state index in [1.807, 2.05) is 0 Å². The largest absolute Gasteiger partial charge is 0.508 e. The molecule has 0 atom stereocenters. The molecule has 0 radical (unpaired) electrons. The maximum atomic E-state index is 12.3. The molecule has 122 valence electrons. The highest BCUT2D eigenvalue weighted by molar-refractivity contribution is 5.95. The number of carbonyl (C=O) groups excluding carboxylic acids is 1. The fourth-order valence-corrected chi connectivity index (χ4v) is 1.94. The van der Waals surface area contributed by atoms with E-state index in [4.69, 9.17) is 0 Å². The molecule has 23 heavy (non-hydrogen) atoms. The van der Waals surface area contributed by atoms with Gasteiger partial charge in [0.25, 0.3) is 0 Å². The smallest absolute Gasteiger partial charge is 0.405 e. The molecule has 0 spiro atoms. The molecule has 0 fully saturated rings. The van der Waals surface area contributed by atoms with Crippen molar-refractivity contribution in [3.63, 3.8) is 0 Å². The number of amides is 1. The average Bonchev–Trinajstić information content (AvgIpc) is 2.48. The molecular formula is C16H15F3N2O2. The molecule has 1 amide bonds. The number of phenols is 1. The predicted octanol–water partition coefficient (Wildman–Crippen LogP) is 3.55. The third-order valence-corrected chi connectivity index (χ3v) is 2.98. The van der Waals surface area contributed by atoms with Gasteiger partial charge in [0.2, 0.25) is 5.91 Å². The maximum Gasteiger partial charge on any atom is 0.405 e. The number of halogens is 3. The van der Waals surface area contributed by atoms with Crippen LogP contribution >= 0.6 is 0 Å². The van der Waals surface area contributed by atoms with Gasteiger partial charge in [0.1, 0.15) is 12.3 Å². The lowest BCUT2D eigenvalue weighted by Gasteiger charge is -2.14. The van der Waals surface area contributed by atoms with Gasteiger partial charge in [0, 0.05) is 0 Å². The zero-order valence-electron chi connectivity index (χ0n) is 12.0. The van der Waals surface area contributed by atoms with Gasteiger partial charge < -0.3 is 15.7 Å². The number of para-hydroxylation sites is 2. The van der Waals surface area contributed by atoms with Gasteiger partial charge in [-0.05, 0) is 29.8 Å². The Morgan fingerprint density at radius 3 is 2.22 bits per heavy atom. The first-order valence-corrected chi connectivity index (χ1v) is 6.81. The molecule has 0 aliphatic heterocycles. The number of phenolic OH excluding ortho intramolecular Hbond substituents is 1. The van der Waals surface area contributed by atoms with Crippen LogP contribution in [-0.4, -0.2) is 23.7 Å². The summed E-state index contributed by atoms with van der Waals surface area (Å²) in [6.07, 6.45) is -4.29. The second kappa shape index (κ2) is 7.04. The summed E-state index contributed by atoms with van der Waals surface area (Å²) < 4.78 is 36.9. The number of benzene rings is 2. The van der Waals surface area contributed by atoms with E-state index in [2.05, 4.69) is 10.6 Å². The lowest BCUT2D eigenvalue weighted by molar-refractivity contribution is -0.116. The van der Waals surface area contributed by atoms with Crippen molar-refractivity contribution in [1.82, 2.24) is 0 Å². The van der Waals surface area contributed by atoms with Gasteiger partial charge in [-0.25, -0.2) is 0 Å². The number of aromatic hydroxyl groups is 1. The number of hydrogen-bond donors (Lipinski definition) is 3. The number of anilines is 2. The summed E-state index contributed by atoms with van der Waals surface area (Å²) in [5, 5.41) is 14.0. The van der Waals surface area contributed by atoms with Crippen LogP contribution in [0, 0.1) is 0 Å². The quantitative estimate of drug-likeness (QED) is 0.788. The Kier molecular flexibility index (Phi) is 5.10. The van der Waals surface area contributed by atoms with Gasteiger partial charge >= 0.3 is 6.18 Å². The monoisotopic (exact) mass is 324 g/mol. The summed E-state index contributed by atoms with van der Waals surface area (Å²) in [7, 11) is 0. The number of rotatable bonds is 5. The molecule has 2 aromatic carbocycles. The van der Waals surface area contributed by atoms with E-state index in [0.717, 1.165) is 0 Å². The van der Waals surface area contributed by atoms with Crippen LogP contribution < -0.4 is 10.6 Å². The van der Waals surface area contributed by atoms with Crippen molar-refractivity contribution in [2.24, 2.45) is 0 Å². The minimum atomic E-state index is -4.34. The molecule has 0 aliphatic carbocycles. The molecular weight excluding hydrogens is 309 g/mol. The molecule has 2 aromatic rings. The predicted molar refractivity (Wildman–Crippen MR) is 81.4 cm³/mol. The molecule has 0 aliphatic rings. The topological polar surface area (TPSA) is 61.4 Å². The molecule has 4 nitrogen and oxygen atoms in total. The second-order valence-corrected chi connectivity index (χ2v) is 4.91. The molecule has 3 N–H and O–H groups in total. The second-order valence-electron chi connectivity index (χ2n) is 4.91. The number of hydrogen-bond acceptors (Lipinski definition) is 3. The first-order valence-electron chi connectivity index (χ1n) is 6.81. The third-order valence-electron chi connectivity index (χ3n) is 2.98. The number of carbonyl (C=O) groups is 1. The van der Waals surface area contributed by atoms with E-state index < -0.39 is 12.7 Å². The Morgan fingerprint density at radius 1 is 1.00 bits per heavy atom. The van der Waals surface area contributed by atoms with Gasteiger partial charge in [-0.2, -0.15) is 13.2 Å². The van der Waals surface area contributed by atoms with Crippen LogP contribution in [0.4, 0.5) is 24.5 Å². The zero-order valence-corrected chi connectivity index (χ0v) is 12.0. The Bertz CT molecular complexity index is 670. The van der Waals surface area contributed by atoms with Gasteiger partial charge in [0.15, 0.2) is 0 Å². The fourth-order valence-electron chi connectivity index (χ4n) is 1.94. The molecule has 0 heterocycles. The zero-order chi connectivity index (χ0) is 16.9. The molecule has 0 saturated carbocycles. The Balaban J connectivity index is 2.01. The highest BCUT2D eigenvalue weighted by Crippen LogP contribution is 2.24. The van der Waals surface area contributed by atoms with Crippen molar-refractivity contribution in [3.8, 4) is 5.75 Å². The van der Waals surface area contributed by atoms with Crippen molar-refractivity contribution < 1.29 is 23.1 Å². The van der Waals surface area contributed by atoms with Crippen LogP contribution in [0.3, 0.4) is 0 Å². The molecule has 2 rings (SSSR count). The summed E-state index contributed by atoms with van der Waals surface area (Å²) in [5.41, 5.74) is 1.16. The van der Waals surface area contributed by atoms with Crippen LogP contribution in [0.2, 0.25) is 0 Å². The van der Waals surface area contributed by atoms with Crippen molar-refractivity contribution in [1.29, 1.82) is 0 Å². The third kappa shape index (κ3) is 5.54. The first-order chi connectivity index (χ1) is 10.8. The summed E-state index contributed by atoms with van der Waals surface area (Å²) in [6.45, 7) is -1.18. The van der Waals surface area contributed by atoms with Gasteiger partial charge in [-0.1, -0.05) is 24.3 Å². The van der Waals surface area contributed by atoms with Crippen molar-refractivity contribution >= 4 is 17.3 Å². The molecule has 0 saturated heterocycles. The van der Waals surface area contributed by atoms with Crippen molar-refractivity contribution in [3.05, 3.63) is 54.1 Å². The minimum absolute atomic E-state index is 0.0495. The van der Waals surface area contributed by atoms with Gasteiger partial charge in [0.05, 0.1) is 17.8 Å². The molecule has 0 aromatic heterocycles. The van der Waals surface area contributed by atoms with Gasteiger partial charge in [-0.3, -0.25) is 4.79 Å². The van der Waals surface area contributed by atoms with Crippen LogP contribution in [0.5, 0.6) is 5.75 Å². The van der Waals surface area contributed by atoms with Crippen LogP contribution in [-0.2, 0) is 11.2 Å². The van der Waals surface area contributed by atoms with E-state index >= 15 is 0 Å². The minimum Gasteiger partial charge on any atom is -0.508 e. The van der Waals surface area contributed by atoms with Crippen LogP contribution in [0.25, 0.3) is 0 Å².